The van der Waals surface area contributed by atoms with Gasteiger partial charge in [-0.1, -0.05) is 34.8 Å². The van der Waals surface area contributed by atoms with Crippen LogP contribution < -0.4 is 0 Å². The fourth-order valence-electron chi connectivity index (χ4n) is 0.0957. The van der Waals surface area contributed by atoms with Crippen molar-refractivity contribution in [2.75, 3.05) is 0 Å². The number of rotatable bonds is 1. The molecule has 0 unspecified atom stereocenters. The second-order valence-electron chi connectivity index (χ2n) is 0.971. The van der Waals surface area contributed by atoms with Crippen molar-refractivity contribution in [3.05, 3.63) is 0 Å². The number of hydrogen-bond acceptors (Lipinski definition) is 3. The first-order valence-electron chi connectivity index (χ1n) is 1.63. The van der Waals surface area contributed by atoms with E-state index in [1.165, 1.54) is 0 Å². The van der Waals surface area contributed by atoms with Crippen LogP contribution in [0.4, 0.5) is 0 Å². The lowest BCUT2D eigenvalue weighted by Gasteiger charge is -2.03. The van der Waals surface area contributed by atoms with Gasteiger partial charge in [-0.2, -0.15) is 0 Å². The first-order chi connectivity index (χ1) is 3.98. The summed E-state index contributed by atoms with van der Waals surface area (Å²) in [4.78, 5) is 19.5. The van der Waals surface area contributed by atoms with Crippen molar-refractivity contribution in [2.24, 2.45) is 0 Å². The van der Waals surface area contributed by atoms with Crippen LogP contribution >= 0.6 is 34.8 Å². The molecular formula is C3Cl3O3. The van der Waals surface area contributed by atoms with Gasteiger partial charge in [0.05, 0.1) is 0 Å². The Balaban J connectivity index is 3.88. The summed E-state index contributed by atoms with van der Waals surface area (Å²) >= 11 is 14.8. The molecule has 0 fully saturated rings. The second-order valence-corrected chi connectivity index (χ2v) is 3.25. The molecule has 0 aromatic heterocycles. The quantitative estimate of drug-likeness (QED) is 0.351. The van der Waals surface area contributed by atoms with Crippen molar-refractivity contribution in [1.82, 2.24) is 0 Å². The molecule has 0 aromatic rings. The molecule has 0 rings (SSSR count). The lowest BCUT2D eigenvalue weighted by Crippen LogP contribution is -2.20. The van der Waals surface area contributed by atoms with Crippen LogP contribution in [0.25, 0.3) is 0 Å². The molecule has 0 N–H and O–H groups in total. The van der Waals surface area contributed by atoms with Gasteiger partial charge in [0.1, 0.15) is 0 Å². The molecule has 1 radical (unpaired) electrons. The maximum atomic E-state index is 10.2. The minimum Gasteiger partial charge on any atom is -0.381 e. The Morgan fingerprint density at radius 3 is 2.00 bits per heavy atom. The molecule has 0 aromatic carbocycles. The summed E-state index contributed by atoms with van der Waals surface area (Å²) < 4.78 is 1.37. The Kier molecular flexibility index (Phi) is 3.25. The van der Waals surface area contributed by atoms with Gasteiger partial charge in [0.15, 0.2) is 0 Å². The number of carbonyl (C=O) groups is 1. The van der Waals surface area contributed by atoms with E-state index in [4.69, 9.17) is 34.8 Å². The molecule has 3 nitrogen and oxygen atoms in total. The third-order valence-electron chi connectivity index (χ3n) is 0.366. The van der Waals surface area contributed by atoms with E-state index >= 15 is 0 Å². The largest absolute Gasteiger partial charge is 0.425 e. The lowest BCUT2D eigenvalue weighted by atomic mass is 10.8. The minimum atomic E-state index is -2.20. The van der Waals surface area contributed by atoms with E-state index in [1.807, 2.05) is 0 Å². The van der Waals surface area contributed by atoms with E-state index in [0.717, 1.165) is 6.47 Å². The van der Waals surface area contributed by atoms with Gasteiger partial charge in [0.2, 0.25) is 0 Å². The first kappa shape index (κ1) is 9.01. The van der Waals surface area contributed by atoms with Crippen LogP contribution in [-0.2, 0) is 14.3 Å². The van der Waals surface area contributed by atoms with Crippen LogP contribution in [0.3, 0.4) is 0 Å². The molecular weight excluding hydrogens is 190 g/mol. The molecule has 0 saturated heterocycles. The van der Waals surface area contributed by atoms with E-state index < -0.39 is 9.76 Å². The molecule has 0 aliphatic rings. The first-order valence-corrected chi connectivity index (χ1v) is 2.77. The molecule has 0 atom stereocenters. The van der Waals surface area contributed by atoms with Crippen molar-refractivity contribution >= 4 is 47.2 Å². The molecule has 0 saturated carbocycles. The number of esters is 1. The monoisotopic (exact) mass is 189 g/mol. The van der Waals surface area contributed by atoms with Gasteiger partial charge in [-0.3, -0.25) is 0 Å². The third-order valence-corrected chi connectivity index (χ3v) is 0.829. The van der Waals surface area contributed by atoms with Gasteiger partial charge in [0, 0.05) is 0 Å². The zero-order valence-corrected chi connectivity index (χ0v) is 6.13. The van der Waals surface area contributed by atoms with Gasteiger partial charge in [-0.05, 0) is 0 Å². The molecule has 51 valence electrons. The Morgan fingerprint density at radius 2 is 1.89 bits per heavy atom. The van der Waals surface area contributed by atoms with Gasteiger partial charge >= 0.3 is 12.4 Å². The maximum absolute atomic E-state index is 10.2. The standard InChI is InChI=1S/C3Cl3O3/c4-3(5,6)2(8)9-1-7. The van der Waals surface area contributed by atoms with E-state index in [2.05, 4.69) is 4.74 Å². The number of hydrogen-bond donors (Lipinski definition) is 0. The normalized spacial score (nSPS) is 10.6. The van der Waals surface area contributed by atoms with Crippen molar-refractivity contribution < 1.29 is 14.3 Å². The molecule has 6 heteroatoms. The van der Waals surface area contributed by atoms with Gasteiger partial charge in [0.25, 0.3) is 3.79 Å². The SMILES string of the molecule is O=[C]OC(=O)C(Cl)(Cl)Cl. The Bertz CT molecular complexity index is 127. The van der Waals surface area contributed by atoms with E-state index in [-0.39, 0.29) is 0 Å². The van der Waals surface area contributed by atoms with E-state index in [1.54, 1.807) is 0 Å². The van der Waals surface area contributed by atoms with Crippen molar-refractivity contribution in [3.63, 3.8) is 0 Å². The molecule has 9 heavy (non-hydrogen) atoms. The molecule has 0 heterocycles. The van der Waals surface area contributed by atoms with E-state index in [9.17, 15) is 9.59 Å². The summed E-state index contributed by atoms with van der Waals surface area (Å²) in [5.74, 6) is -1.26. The van der Waals surface area contributed by atoms with Gasteiger partial charge in [-0.15, -0.1) is 0 Å². The third kappa shape index (κ3) is 3.56. The second kappa shape index (κ2) is 3.25. The van der Waals surface area contributed by atoms with Crippen LogP contribution in [0.5, 0.6) is 0 Å². The summed E-state index contributed by atoms with van der Waals surface area (Å²) in [5, 5.41) is 0. The summed E-state index contributed by atoms with van der Waals surface area (Å²) in [6.07, 6.45) is 0. The zero-order valence-electron chi connectivity index (χ0n) is 3.86. The number of ether oxygens (including phenoxy) is 1. The Hall–Kier alpha value is 0.01000. The number of halogens is 3. The van der Waals surface area contributed by atoms with Gasteiger partial charge < -0.3 is 4.74 Å². The van der Waals surface area contributed by atoms with Crippen LogP contribution in [-0.4, -0.2) is 16.2 Å². The summed E-state index contributed by atoms with van der Waals surface area (Å²) in [7, 11) is 0. The molecule has 0 spiro atoms. The Morgan fingerprint density at radius 1 is 1.44 bits per heavy atom. The van der Waals surface area contributed by atoms with Crippen LogP contribution in [0, 0.1) is 0 Å². The average Bonchev–Trinajstić information content (AvgIpc) is 1.64. The maximum Gasteiger partial charge on any atom is 0.425 e. The number of alkyl halides is 3. The molecule has 0 amide bonds. The molecule has 0 aliphatic carbocycles. The van der Waals surface area contributed by atoms with Crippen molar-refractivity contribution in [2.45, 2.75) is 3.79 Å². The Labute approximate surface area is 65.8 Å². The molecule has 0 bridgehead atoms. The fraction of sp³-hybridized carbons (Fsp3) is 0.333. The summed E-state index contributed by atoms with van der Waals surface area (Å²) in [6.45, 7) is 0.821. The predicted molar refractivity (Wildman–Crippen MR) is 32.1 cm³/mol. The van der Waals surface area contributed by atoms with Gasteiger partial charge in [-0.25, -0.2) is 9.59 Å². The van der Waals surface area contributed by atoms with E-state index in [0.29, 0.717) is 0 Å². The zero-order chi connectivity index (χ0) is 7.49. The van der Waals surface area contributed by atoms with Crippen molar-refractivity contribution in [3.8, 4) is 0 Å². The minimum absolute atomic E-state index is 0.821. The van der Waals surface area contributed by atoms with Crippen LogP contribution in [0.2, 0.25) is 0 Å². The highest BCUT2D eigenvalue weighted by Crippen LogP contribution is 2.26. The highest BCUT2D eigenvalue weighted by atomic mass is 35.6. The smallest absolute Gasteiger partial charge is 0.381 e. The lowest BCUT2D eigenvalue weighted by molar-refractivity contribution is -0.134. The highest BCUT2D eigenvalue weighted by molar-refractivity contribution is 6.75. The fourth-order valence-corrected chi connectivity index (χ4v) is 0.211. The predicted octanol–water partition coefficient (Wildman–Crippen LogP) is 0.967. The molecule has 0 aliphatic heterocycles. The average molecular weight is 190 g/mol. The topological polar surface area (TPSA) is 43.4 Å². The van der Waals surface area contributed by atoms with Crippen LogP contribution in [0.15, 0.2) is 0 Å². The summed E-state index contributed by atoms with van der Waals surface area (Å²) in [6, 6.07) is 0. The highest BCUT2D eigenvalue weighted by Gasteiger charge is 2.32. The number of carbonyl (C=O) groups excluding carboxylic acids is 2. The summed E-state index contributed by atoms with van der Waals surface area (Å²) in [5.41, 5.74) is 0. The van der Waals surface area contributed by atoms with Crippen molar-refractivity contribution in [1.29, 1.82) is 0 Å². The van der Waals surface area contributed by atoms with Crippen LogP contribution in [0.1, 0.15) is 0 Å².